The summed E-state index contributed by atoms with van der Waals surface area (Å²) >= 11 is 0. The third-order valence-corrected chi connectivity index (χ3v) is 5.47. The molecule has 8 nitrogen and oxygen atoms in total. The summed E-state index contributed by atoms with van der Waals surface area (Å²) < 4.78 is 34.2. The van der Waals surface area contributed by atoms with Crippen molar-refractivity contribution in [3.05, 3.63) is 24.7 Å². The lowest BCUT2D eigenvalue weighted by Gasteiger charge is -2.29. The molecule has 1 aliphatic heterocycles. The molecule has 3 heterocycles. The normalized spacial score (nSPS) is 24.9. The molecule has 1 amide bonds. The van der Waals surface area contributed by atoms with Crippen LogP contribution in [-0.2, 0) is 17.3 Å². The van der Waals surface area contributed by atoms with Crippen LogP contribution < -0.4 is 10.6 Å². The van der Waals surface area contributed by atoms with Crippen LogP contribution in [0.2, 0.25) is 0 Å². The van der Waals surface area contributed by atoms with Crippen LogP contribution in [0.1, 0.15) is 38.0 Å². The van der Waals surface area contributed by atoms with E-state index in [9.17, 15) is 13.6 Å². The standard InChI is InChI=1S/C18H22F2N6O2/c1-3-17(8-9-21-15(17)27)16-24-23-14(28-16)13-12(10-26(2)25-13)22-11-4-6-18(19,20)7-5-11/h3,10-11,22H,1,4-9H2,2H3,(H,21,27)/t17-/m0/s1. The molecule has 0 aromatic carbocycles. The maximum Gasteiger partial charge on any atom is 0.270 e. The first-order chi connectivity index (χ1) is 13.3. The van der Waals surface area contributed by atoms with Gasteiger partial charge in [0.2, 0.25) is 17.7 Å². The van der Waals surface area contributed by atoms with E-state index < -0.39 is 11.3 Å². The Labute approximate surface area is 160 Å². The predicted molar refractivity (Wildman–Crippen MR) is 96.8 cm³/mol. The van der Waals surface area contributed by atoms with Gasteiger partial charge in [-0.05, 0) is 19.3 Å². The average molecular weight is 392 g/mol. The van der Waals surface area contributed by atoms with E-state index in [4.69, 9.17) is 4.42 Å². The van der Waals surface area contributed by atoms with Crippen molar-refractivity contribution in [2.24, 2.45) is 7.05 Å². The lowest BCUT2D eigenvalue weighted by atomic mass is 9.86. The quantitative estimate of drug-likeness (QED) is 0.759. The summed E-state index contributed by atoms with van der Waals surface area (Å²) in [7, 11) is 1.75. The van der Waals surface area contributed by atoms with Crippen molar-refractivity contribution in [1.29, 1.82) is 0 Å². The first-order valence-corrected chi connectivity index (χ1v) is 9.27. The Bertz CT molecular complexity index is 898. The number of halogens is 2. The third-order valence-electron chi connectivity index (χ3n) is 5.47. The summed E-state index contributed by atoms with van der Waals surface area (Å²) in [4.78, 5) is 12.3. The zero-order valence-electron chi connectivity index (χ0n) is 15.5. The number of carbonyl (C=O) groups is 1. The lowest BCUT2D eigenvalue weighted by molar-refractivity contribution is -0.123. The van der Waals surface area contributed by atoms with Crippen molar-refractivity contribution in [2.45, 2.75) is 49.5 Å². The molecule has 0 unspecified atom stereocenters. The minimum absolute atomic E-state index is 0.0786. The van der Waals surface area contributed by atoms with Crippen LogP contribution in [-0.4, -0.2) is 44.4 Å². The predicted octanol–water partition coefficient (Wildman–Crippen LogP) is 2.40. The zero-order chi connectivity index (χ0) is 19.9. The van der Waals surface area contributed by atoms with Gasteiger partial charge in [0, 0.05) is 38.7 Å². The fourth-order valence-electron chi connectivity index (χ4n) is 3.79. The second-order valence-electron chi connectivity index (χ2n) is 7.43. The van der Waals surface area contributed by atoms with Gasteiger partial charge in [-0.15, -0.1) is 16.8 Å². The monoisotopic (exact) mass is 392 g/mol. The highest BCUT2D eigenvalue weighted by Gasteiger charge is 2.46. The van der Waals surface area contributed by atoms with E-state index in [2.05, 4.69) is 32.5 Å². The summed E-state index contributed by atoms with van der Waals surface area (Å²) in [6.07, 6.45) is 4.22. The third kappa shape index (κ3) is 3.16. The molecule has 0 bridgehead atoms. The molecule has 0 spiro atoms. The molecule has 1 aliphatic carbocycles. The molecule has 2 aromatic heterocycles. The molecule has 0 radical (unpaired) electrons. The number of aryl methyl sites for hydroxylation is 1. The van der Waals surface area contributed by atoms with Crippen molar-refractivity contribution < 1.29 is 18.0 Å². The smallest absolute Gasteiger partial charge is 0.270 e. The van der Waals surface area contributed by atoms with Crippen molar-refractivity contribution in [2.75, 3.05) is 11.9 Å². The molecular weight excluding hydrogens is 370 g/mol. The molecule has 1 saturated heterocycles. The number of nitrogens with zero attached hydrogens (tertiary/aromatic N) is 4. The maximum atomic E-state index is 13.4. The fraction of sp³-hybridized carbons (Fsp3) is 0.556. The number of alkyl halides is 2. The molecule has 1 saturated carbocycles. The number of carbonyl (C=O) groups excluding carboxylic acids is 1. The highest BCUT2D eigenvalue weighted by atomic mass is 19.3. The van der Waals surface area contributed by atoms with Gasteiger partial charge in [0.25, 0.3) is 5.89 Å². The Morgan fingerprint density at radius 3 is 2.75 bits per heavy atom. The molecule has 10 heteroatoms. The topological polar surface area (TPSA) is 97.9 Å². The van der Waals surface area contributed by atoms with E-state index >= 15 is 0 Å². The highest BCUT2D eigenvalue weighted by Crippen LogP contribution is 2.37. The SMILES string of the molecule is C=C[C@]1(c2nnc(-c3nn(C)cc3NC3CCC(F)(F)CC3)o2)CCNC1=O. The molecule has 2 fully saturated rings. The van der Waals surface area contributed by atoms with Crippen molar-refractivity contribution >= 4 is 11.6 Å². The van der Waals surface area contributed by atoms with Crippen LogP contribution in [0.15, 0.2) is 23.3 Å². The van der Waals surface area contributed by atoms with Crippen LogP contribution in [0.3, 0.4) is 0 Å². The molecule has 2 N–H and O–H groups in total. The Balaban J connectivity index is 1.58. The van der Waals surface area contributed by atoms with Crippen molar-refractivity contribution in [3.63, 3.8) is 0 Å². The average Bonchev–Trinajstić information content (AvgIpc) is 3.36. The highest BCUT2D eigenvalue weighted by molar-refractivity contribution is 5.91. The van der Waals surface area contributed by atoms with E-state index in [1.807, 2.05) is 0 Å². The van der Waals surface area contributed by atoms with Crippen LogP contribution in [0.4, 0.5) is 14.5 Å². The number of rotatable bonds is 5. The molecule has 1 atom stereocenters. The van der Waals surface area contributed by atoms with Gasteiger partial charge < -0.3 is 15.1 Å². The first-order valence-electron chi connectivity index (χ1n) is 9.27. The van der Waals surface area contributed by atoms with E-state index in [0.29, 0.717) is 37.2 Å². The van der Waals surface area contributed by atoms with E-state index in [1.54, 1.807) is 17.9 Å². The number of hydrogen-bond acceptors (Lipinski definition) is 6. The van der Waals surface area contributed by atoms with Gasteiger partial charge in [0.1, 0.15) is 5.41 Å². The van der Waals surface area contributed by atoms with Gasteiger partial charge in [-0.3, -0.25) is 9.48 Å². The summed E-state index contributed by atoms with van der Waals surface area (Å²) in [5.74, 6) is -2.47. The number of nitrogens with one attached hydrogen (secondary N) is 2. The largest absolute Gasteiger partial charge is 0.418 e. The lowest BCUT2D eigenvalue weighted by Crippen LogP contribution is -2.33. The number of amides is 1. The van der Waals surface area contributed by atoms with Gasteiger partial charge in [-0.2, -0.15) is 5.10 Å². The Kier molecular flexibility index (Phi) is 4.43. The summed E-state index contributed by atoms with van der Waals surface area (Å²) in [5, 5.41) is 18.5. The second kappa shape index (κ2) is 6.68. The van der Waals surface area contributed by atoms with Crippen LogP contribution >= 0.6 is 0 Å². The van der Waals surface area contributed by atoms with Gasteiger partial charge in [0.05, 0.1) is 5.69 Å². The van der Waals surface area contributed by atoms with Gasteiger partial charge in [0.15, 0.2) is 5.69 Å². The summed E-state index contributed by atoms with van der Waals surface area (Å²) in [5.41, 5.74) is 0.0235. The molecule has 150 valence electrons. The molecule has 2 aromatic rings. The number of hydrogen-bond donors (Lipinski definition) is 2. The molecular formula is C18H22F2N6O2. The van der Waals surface area contributed by atoms with Gasteiger partial charge >= 0.3 is 0 Å². The minimum atomic E-state index is -2.59. The van der Waals surface area contributed by atoms with E-state index in [0.717, 1.165) is 0 Å². The molecule has 4 rings (SSSR count). The Hall–Kier alpha value is -2.78. The Morgan fingerprint density at radius 2 is 2.11 bits per heavy atom. The molecule has 2 aliphatic rings. The van der Waals surface area contributed by atoms with Crippen molar-refractivity contribution in [1.82, 2.24) is 25.3 Å². The number of anilines is 1. The minimum Gasteiger partial charge on any atom is -0.418 e. The van der Waals surface area contributed by atoms with Gasteiger partial charge in [-0.1, -0.05) is 6.08 Å². The van der Waals surface area contributed by atoms with E-state index in [-0.39, 0.29) is 36.6 Å². The molecule has 28 heavy (non-hydrogen) atoms. The zero-order valence-corrected chi connectivity index (χ0v) is 15.5. The second-order valence-corrected chi connectivity index (χ2v) is 7.43. The Morgan fingerprint density at radius 1 is 1.36 bits per heavy atom. The maximum absolute atomic E-state index is 13.4. The van der Waals surface area contributed by atoms with E-state index in [1.165, 1.54) is 6.08 Å². The van der Waals surface area contributed by atoms with Gasteiger partial charge in [-0.25, -0.2) is 8.78 Å². The summed E-state index contributed by atoms with van der Waals surface area (Å²) in [6.45, 7) is 4.26. The fourth-order valence-corrected chi connectivity index (χ4v) is 3.79. The number of aromatic nitrogens is 4. The van der Waals surface area contributed by atoms with Crippen LogP contribution in [0.25, 0.3) is 11.6 Å². The van der Waals surface area contributed by atoms with Crippen molar-refractivity contribution in [3.8, 4) is 11.6 Å². The first kappa shape index (κ1) is 18.6. The van der Waals surface area contributed by atoms with Crippen LogP contribution in [0, 0.1) is 0 Å². The van der Waals surface area contributed by atoms with Crippen LogP contribution in [0.5, 0.6) is 0 Å². The summed E-state index contributed by atoms with van der Waals surface area (Å²) in [6, 6.07) is -0.0786.